The van der Waals surface area contributed by atoms with Crippen LogP contribution in [0.3, 0.4) is 0 Å². The van der Waals surface area contributed by atoms with E-state index in [4.69, 9.17) is 0 Å². The predicted molar refractivity (Wildman–Crippen MR) is 108 cm³/mol. The van der Waals surface area contributed by atoms with Gasteiger partial charge < -0.3 is 33.6 Å². The number of quaternary nitrogens is 1. The minimum atomic E-state index is -0.101. The van der Waals surface area contributed by atoms with Crippen LogP contribution in [-0.4, -0.2) is 41.9 Å². The standard InChI is InChI=1S/C23H40NO.HI/c1-20-23(25)19-22(24(20,2)3)18-14-9-7-5-4-6-8-11-15-21-16-12-10-13-17-21;/h10,12-13,16-17,20,22-23,25H,4-9,11,14-15,18-19H2,1-3H3;1H/q+1;/p-1/t20-,22+,23+;/m1./s1. The lowest BCUT2D eigenvalue weighted by atomic mass is 10.0. The van der Waals surface area contributed by atoms with Crippen molar-refractivity contribution < 1.29 is 33.6 Å². The maximum Gasteiger partial charge on any atom is 0.112 e. The van der Waals surface area contributed by atoms with Crippen LogP contribution in [0.25, 0.3) is 0 Å². The van der Waals surface area contributed by atoms with Crippen molar-refractivity contribution in [3.8, 4) is 0 Å². The highest BCUT2D eigenvalue weighted by molar-refractivity contribution is 5.14. The highest BCUT2D eigenvalue weighted by Gasteiger charge is 2.45. The van der Waals surface area contributed by atoms with Crippen LogP contribution in [0.4, 0.5) is 0 Å². The van der Waals surface area contributed by atoms with Crippen molar-refractivity contribution in [3.63, 3.8) is 0 Å². The molecule has 1 saturated heterocycles. The van der Waals surface area contributed by atoms with Gasteiger partial charge in [-0.05, 0) is 38.2 Å². The van der Waals surface area contributed by atoms with Gasteiger partial charge >= 0.3 is 0 Å². The van der Waals surface area contributed by atoms with Crippen LogP contribution >= 0.6 is 0 Å². The molecule has 0 spiro atoms. The summed E-state index contributed by atoms with van der Waals surface area (Å²) < 4.78 is 1.00. The summed E-state index contributed by atoms with van der Waals surface area (Å²) in [6, 6.07) is 11.9. The van der Waals surface area contributed by atoms with Gasteiger partial charge in [0.15, 0.2) is 0 Å². The normalized spacial score (nSPS) is 24.4. The Kier molecular flexibility index (Phi) is 11.4. The predicted octanol–water partition coefficient (Wildman–Crippen LogP) is 2.34. The lowest BCUT2D eigenvalue weighted by molar-refractivity contribution is -0.925. The Morgan fingerprint density at radius 2 is 1.42 bits per heavy atom. The molecule has 1 aromatic carbocycles. The second-order valence-electron chi connectivity index (χ2n) is 8.68. The van der Waals surface area contributed by atoms with Gasteiger partial charge in [-0.25, -0.2) is 0 Å². The number of hydrogen-bond acceptors (Lipinski definition) is 1. The molecule has 1 fully saturated rings. The molecule has 2 nitrogen and oxygen atoms in total. The molecule has 150 valence electrons. The highest BCUT2D eigenvalue weighted by atomic mass is 127. The van der Waals surface area contributed by atoms with Gasteiger partial charge in [0, 0.05) is 6.42 Å². The molecule has 1 aliphatic heterocycles. The summed E-state index contributed by atoms with van der Waals surface area (Å²) in [5, 5.41) is 10.1. The van der Waals surface area contributed by atoms with Crippen molar-refractivity contribution in [1.29, 1.82) is 0 Å². The van der Waals surface area contributed by atoms with Crippen molar-refractivity contribution in [3.05, 3.63) is 35.9 Å². The summed E-state index contributed by atoms with van der Waals surface area (Å²) in [6.45, 7) is 2.20. The summed E-state index contributed by atoms with van der Waals surface area (Å²) in [6.07, 6.45) is 14.4. The van der Waals surface area contributed by atoms with Crippen LogP contribution in [0.15, 0.2) is 30.3 Å². The Hall–Kier alpha value is -0.130. The maximum absolute atomic E-state index is 10.1. The fourth-order valence-electron chi connectivity index (χ4n) is 4.39. The van der Waals surface area contributed by atoms with Crippen molar-refractivity contribution >= 4 is 0 Å². The zero-order chi connectivity index (χ0) is 18.1. The van der Waals surface area contributed by atoms with Gasteiger partial charge in [-0.3, -0.25) is 0 Å². The SMILES string of the molecule is C[C@@H]1[C@@H](O)C[C@H](CCCCCCCCCCc2ccccc2)[N+]1(C)C.[I-]. The average molecular weight is 473 g/mol. The Labute approximate surface area is 179 Å². The van der Waals surface area contributed by atoms with E-state index in [0.29, 0.717) is 12.1 Å². The van der Waals surface area contributed by atoms with E-state index in [1.165, 1.54) is 69.8 Å². The highest BCUT2D eigenvalue weighted by Crippen LogP contribution is 2.32. The number of aliphatic hydroxyl groups is 1. The fourth-order valence-corrected chi connectivity index (χ4v) is 4.39. The lowest BCUT2D eigenvalue weighted by Crippen LogP contribution is -3.00. The first kappa shape index (κ1) is 23.9. The number of nitrogens with zero attached hydrogens (tertiary/aromatic N) is 1. The van der Waals surface area contributed by atoms with Crippen LogP contribution in [0, 0.1) is 0 Å². The molecule has 0 amide bonds. The molecular formula is C23H40INO. The molecular weight excluding hydrogens is 433 g/mol. The molecule has 0 radical (unpaired) electrons. The Morgan fingerprint density at radius 3 is 1.96 bits per heavy atom. The van der Waals surface area contributed by atoms with Gasteiger partial charge in [0.2, 0.25) is 0 Å². The van der Waals surface area contributed by atoms with Crippen LogP contribution in [0.5, 0.6) is 0 Å². The van der Waals surface area contributed by atoms with Crippen molar-refractivity contribution in [1.82, 2.24) is 0 Å². The summed E-state index contributed by atoms with van der Waals surface area (Å²) in [5.74, 6) is 0. The summed E-state index contributed by atoms with van der Waals surface area (Å²) in [7, 11) is 4.59. The molecule has 0 aliphatic carbocycles. The molecule has 1 N–H and O–H groups in total. The van der Waals surface area contributed by atoms with E-state index in [0.717, 1.165) is 10.9 Å². The quantitative estimate of drug-likeness (QED) is 0.297. The first-order valence-corrected chi connectivity index (χ1v) is 10.6. The number of halogens is 1. The summed E-state index contributed by atoms with van der Waals surface area (Å²) in [5.41, 5.74) is 1.48. The van der Waals surface area contributed by atoms with E-state index in [-0.39, 0.29) is 30.1 Å². The minimum absolute atomic E-state index is 0. The molecule has 0 unspecified atom stereocenters. The molecule has 0 aromatic heterocycles. The van der Waals surface area contributed by atoms with Crippen LogP contribution in [0.2, 0.25) is 0 Å². The monoisotopic (exact) mass is 473 g/mol. The van der Waals surface area contributed by atoms with Gasteiger partial charge in [-0.15, -0.1) is 0 Å². The van der Waals surface area contributed by atoms with Crippen LogP contribution < -0.4 is 24.0 Å². The molecule has 3 atom stereocenters. The van der Waals surface area contributed by atoms with Crippen molar-refractivity contribution in [2.45, 2.75) is 95.7 Å². The Balaban J connectivity index is 0.00000338. The number of aliphatic hydroxyl groups excluding tert-OH is 1. The third-order valence-electron chi connectivity index (χ3n) is 6.66. The van der Waals surface area contributed by atoms with E-state index >= 15 is 0 Å². The number of rotatable bonds is 11. The van der Waals surface area contributed by atoms with Gasteiger partial charge in [0.05, 0.1) is 20.1 Å². The number of benzene rings is 1. The Morgan fingerprint density at radius 1 is 0.885 bits per heavy atom. The molecule has 2 rings (SSSR count). The zero-order valence-electron chi connectivity index (χ0n) is 17.2. The molecule has 1 aromatic rings. The fraction of sp³-hybridized carbons (Fsp3) is 0.739. The van der Waals surface area contributed by atoms with Gasteiger partial charge in [0.1, 0.15) is 12.1 Å². The Bertz CT molecular complexity index is 476. The van der Waals surface area contributed by atoms with Crippen LogP contribution in [-0.2, 0) is 6.42 Å². The topological polar surface area (TPSA) is 20.2 Å². The van der Waals surface area contributed by atoms with E-state index in [1.807, 2.05) is 0 Å². The molecule has 0 saturated carbocycles. The first-order chi connectivity index (χ1) is 12.0. The van der Waals surface area contributed by atoms with E-state index < -0.39 is 0 Å². The largest absolute Gasteiger partial charge is 1.00 e. The zero-order valence-corrected chi connectivity index (χ0v) is 19.3. The van der Waals surface area contributed by atoms with Gasteiger partial charge in [-0.2, -0.15) is 0 Å². The number of likely N-dealkylation sites (tertiary alicyclic amines) is 1. The van der Waals surface area contributed by atoms with Crippen molar-refractivity contribution in [2.24, 2.45) is 0 Å². The van der Waals surface area contributed by atoms with Crippen molar-refractivity contribution in [2.75, 3.05) is 14.1 Å². The minimum Gasteiger partial charge on any atom is -1.00 e. The third kappa shape index (κ3) is 7.47. The lowest BCUT2D eigenvalue weighted by Gasteiger charge is -2.36. The van der Waals surface area contributed by atoms with E-state index in [9.17, 15) is 5.11 Å². The molecule has 1 heterocycles. The number of aryl methyl sites for hydroxylation is 1. The number of unbranched alkanes of at least 4 members (excludes halogenated alkanes) is 7. The smallest absolute Gasteiger partial charge is 0.112 e. The summed E-state index contributed by atoms with van der Waals surface area (Å²) >= 11 is 0. The second-order valence-corrected chi connectivity index (χ2v) is 8.68. The maximum atomic E-state index is 10.1. The molecule has 26 heavy (non-hydrogen) atoms. The average Bonchev–Trinajstić information content (AvgIpc) is 2.80. The van der Waals surface area contributed by atoms with Crippen LogP contribution in [0.1, 0.15) is 76.7 Å². The van der Waals surface area contributed by atoms with E-state index in [2.05, 4.69) is 51.4 Å². The second kappa shape index (κ2) is 12.4. The van der Waals surface area contributed by atoms with Gasteiger partial charge in [-0.1, -0.05) is 68.9 Å². The van der Waals surface area contributed by atoms with Gasteiger partial charge in [0.25, 0.3) is 0 Å². The molecule has 1 aliphatic rings. The molecule has 3 heteroatoms. The third-order valence-corrected chi connectivity index (χ3v) is 6.66. The van der Waals surface area contributed by atoms with E-state index in [1.54, 1.807) is 0 Å². The molecule has 0 bridgehead atoms. The summed E-state index contributed by atoms with van der Waals surface area (Å²) in [4.78, 5) is 0. The first-order valence-electron chi connectivity index (χ1n) is 10.6. The number of likely N-dealkylation sites (N-methyl/N-ethyl adjacent to an activating group) is 1. The number of hydrogen-bond donors (Lipinski definition) is 1.